The lowest BCUT2D eigenvalue weighted by molar-refractivity contribution is -0.115. The highest BCUT2D eigenvalue weighted by Gasteiger charge is 2.18. The lowest BCUT2D eigenvalue weighted by Crippen LogP contribution is -2.22. The molecule has 2 N–H and O–H groups in total. The lowest BCUT2D eigenvalue weighted by Gasteiger charge is -2.13. The van der Waals surface area contributed by atoms with Crippen LogP contribution in [-0.2, 0) is 4.79 Å². The summed E-state index contributed by atoms with van der Waals surface area (Å²) < 4.78 is 10.6. The molecule has 0 aliphatic carbocycles. The number of carbonyl (C=O) groups excluding carboxylic acids is 2. The van der Waals surface area contributed by atoms with Crippen LogP contribution in [0.1, 0.15) is 22.8 Å². The molecule has 2 amide bonds. The summed E-state index contributed by atoms with van der Waals surface area (Å²) >= 11 is 1.44. The molecule has 1 heterocycles. The number of fused-ring (bicyclic) bond motifs is 1. The van der Waals surface area contributed by atoms with Crippen molar-refractivity contribution in [1.82, 2.24) is 0 Å². The molecule has 3 aromatic rings. The van der Waals surface area contributed by atoms with Gasteiger partial charge in [0.15, 0.2) is 11.5 Å². The number of ether oxygens (including phenoxy) is 2. The Balaban J connectivity index is 1.32. The van der Waals surface area contributed by atoms with Crippen LogP contribution < -0.4 is 20.1 Å². The Morgan fingerprint density at radius 1 is 0.903 bits per heavy atom. The molecule has 0 spiro atoms. The van der Waals surface area contributed by atoms with Crippen molar-refractivity contribution < 1.29 is 19.1 Å². The third-order valence-electron chi connectivity index (χ3n) is 4.71. The Morgan fingerprint density at radius 2 is 1.65 bits per heavy atom. The predicted octanol–water partition coefficient (Wildman–Crippen LogP) is 5.10. The van der Waals surface area contributed by atoms with Crippen molar-refractivity contribution in [3.05, 3.63) is 77.9 Å². The molecule has 0 aromatic heterocycles. The monoisotopic (exact) mass is 434 g/mol. The molecule has 158 valence electrons. The van der Waals surface area contributed by atoms with Gasteiger partial charge in [0.1, 0.15) is 0 Å². The maximum atomic E-state index is 12.6. The average Bonchev–Trinajstić information content (AvgIpc) is 3.23. The summed E-state index contributed by atoms with van der Waals surface area (Å²) in [6.07, 6.45) is 0. The number of thioether (sulfide) groups is 1. The Bertz CT molecular complexity index is 1110. The molecule has 1 atom stereocenters. The highest BCUT2D eigenvalue weighted by atomic mass is 32.2. The van der Waals surface area contributed by atoms with Gasteiger partial charge in [-0.1, -0.05) is 17.7 Å². The molecule has 0 saturated heterocycles. The van der Waals surface area contributed by atoms with Gasteiger partial charge in [0.25, 0.3) is 5.91 Å². The van der Waals surface area contributed by atoms with Gasteiger partial charge in [0, 0.05) is 27.9 Å². The Morgan fingerprint density at radius 3 is 2.42 bits per heavy atom. The summed E-state index contributed by atoms with van der Waals surface area (Å²) in [5.74, 6) is 1.04. The summed E-state index contributed by atoms with van der Waals surface area (Å²) in [5, 5.41) is 5.48. The van der Waals surface area contributed by atoms with Crippen molar-refractivity contribution in [3.8, 4) is 11.5 Å². The SMILES string of the molecule is Cc1cccc(C(=O)Nc2ccc(SC(C)C(=O)Nc3ccc4c(c3)OCO4)cc2)c1. The molecule has 1 unspecified atom stereocenters. The van der Waals surface area contributed by atoms with Gasteiger partial charge >= 0.3 is 0 Å². The maximum Gasteiger partial charge on any atom is 0.255 e. The zero-order chi connectivity index (χ0) is 21.8. The van der Waals surface area contributed by atoms with Gasteiger partial charge < -0.3 is 20.1 Å². The molecule has 0 saturated carbocycles. The fourth-order valence-electron chi connectivity index (χ4n) is 3.08. The number of benzene rings is 3. The Hall–Kier alpha value is -3.45. The van der Waals surface area contributed by atoms with Gasteiger partial charge in [-0.3, -0.25) is 9.59 Å². The first-order chi connectivity index (χ1) is 15.0. The first-order valence-electron chi connectivity index (χ1n) is 9.83. The van der Waals surface area contributed by atoms with Crippen LogP contribution in [0.2, 0.25) is 0 Å². The van der Waals surface area contributed by atoms with Gasteiger partial charge in [-0.2, -0.15) is 0 Å². The number of nitrogens with one attached hydrogen (secondary N) is 2. The van der Waals surface area contributed by atoms with Crippen LogP contribution >= 0.6 is 11.8 Å². The molecule has 4 rings (SSSR count). The minimum absolute atomic E-state index is 0.110. The van der Waals surface area contributed by atoms with Gasteiger partial charge in [0.2, 0.25) is 12.7 Å². The quantitative estimate of drug-likeness (QED) is 0.528. The molecule has 31 heavy (non-hydrogen) atoms. The van der Waals surface area contributed by atoms with Gasteiger partial charge in [-0.05, 0) is 62.4 Å². The summed E-state index contributed by atoms with van der Waals surface area (Å²) in [5.41, 5.74) is 3.02. The van der Waals surface area contributed by atoms with Crippen molar-refractivity contribution in [3.63, 3.8) is 0 Å². The van der Waals surface area contributed by atoms with Crippen LogP contribution in [0.25, 0.3) is 0 Å². The number of aryl methyl sites for hydroxylation is 1. The minimum atomic E-state index is -0.307. The van der Waals surface area contributed by atoms with E-state index in [1.54, 1.807) is 24.3 Å². The highest BCUT2D eigenvalue weighted by molar-refractivity contribution is 8.00. The smallest absolute Gasteiger partial charge is 0.255 e. The number of rotatable bonds is 6. The van der Waals surface area contributed by atoms with E-state index in [1.165, 1.54) is 11.8 Å². The zero-order valence-electron chi connectivity index (χ0n) is 17.2. The average molecular weight is 435 g/mol. The summed E-state index contributed by atoms with van der Waals surface area (Å²) in [6.45, 7) is 3.99. The molecule has 0 bridgehead atoms. The van der Waals surface area contributed by atoms with E-state index in [0.29, 0.717) is 28.4 Å². The first kappa shape index (κ1) is 20.8. The van der Waals surface area contributed by atoms with Crippen LogP contribution in [-0.4, -0.2) is 23.9 Å². The molecule has 3 aromatic carbocycles. The van der Waals surface area contributed by atoms with E-state index in [1.807, 2.05) is 56.3 Å². The number of carbonyl (C=O) groups is 2. The predicted molar refractivity (Wildman–Crippen MR) is 122 cm³/mol. The van der Waals surface area contributed by atoms with E-state index in [9.17, 15) is 9.59 Å². The molecule has 6 nitrogen and oxygen atoms in total. The second kappa shape index (κ2) is 9.14. The molecular formula is C24H22N2O4S. The molecule has 0 radical (unpaired) electrons. The number of hydrogen-bond acceptors (Lipinski definition) is 5. The van der Waals surface area contributed by atoms with Crippen LogP contribution in [0.15, 0.2) is 71.6 Å². The minimum Gasteiger partial charge on any atom is -0.454 e. The van der Waals surface area contributed by atoms with Crippen molar-refractivity contribution in [2.24, 2.45) is 0 Å². The van der Waals surface area contributed by atoms with Gasteiger partial charge in [-0.15, -0.1) is 11.8 Å². The van der Waals surface area contributed by atoms with Gasteiger partial charge in [-0.25, -0.2) is 0 Å². The maximum absolute atomic E-state index is 12.6. The standard InChI is InChI=1S/C24H22N2O4S/c1-15-4-3-5-17(12-15)24(28)25-18-6-9-20(10-7-18)31-16(2)23(27)26-19-8-11-21-22(13-19)30-14-29-21/h3-13,16H,14H2,1-2H3,(H,25,28)(H,26,27). The Labute approximate surface area is 185 Å². The lowest BCUT2D eigenvalue weighted by atomic mass is 10.1. The van der Waals surface area contributed by atoms with Crippen molar-refractivity contribution in [2.75, 3.05) is 17.4 Å². The van der Waals surface area contributed by atoms with Crippen LogP contribution in [0.4, 0.5) is 11.4 Å². The fourth-order valence-corrected chi connectivity index (χ4v) is 3.95. The molecule has 1 aliphatic rings. The highest BCUT2D eigenvalue weighted by Crippen LogP contribution is 2.34. The van der Waals surface area contributed by atoms with E-state index < -0.39 is 0 Å². The summed E-state index contributed by atoms with van der Waals surface area (Å²) in [4.78, 5) is 25.9. The van der Waals surface area contributed by atoms with Crippen LogP contribution in [0.3, 0.4) is 0 Å². The summed E-state index contributed by atoms with van der Waals surface area (Å²) in [6, 6.07) is 20.2. The second-order valence-corrected chi connectivity index (χ2v) is 8.58. The first-order valence-corrected chi connectivity index (χ1v) is 10.7. The second-order valence-electron chi connectivity index (χ2n) is 7.17. The van der Waals surface area contributed by atoms with E-state index in [0.717, 1.165) is 10.5 Å². The fraction of sp³-hybridized carbons (Fsp3) is 0.167. The number of anilines is 2. The third kappa shape index (κ3) is 5.19. The van der Waals surface area contributed by atoms with Crippen molar-refractivity contribution in [1.29, 1.82) is 0 Å². The molecule has 7 heteroatoms. The third-order valence-corrected chi connectivity index (χ3v) is 5.83. The number of amides is 2. The van der Waals surface area contributed by atoms with E-state index in [2.05, 4.69) is 10.6 Å². The topological polar surface area (TPSA) is 76.7 Å². The normalized spacial score (nSPS) is 12.8. The van der Waals surface area contributed by atoms with Crippen molar-refractivity contribution in [2.45, 2.75) is 24.0 Å². The van der Waals surface area contributed by atoms with E-state index in [-0.39, 0.29) is 23.9 Å². The Kier molecular flexibility index (Phi) is 6.13. The molecule has 1 aliphatic heterocycles. The largest absolute Gasteiger partial charge is 0.454 e. The van der Waals surface area contributed by atoms with E-state index in [4.69, 9.17) is 9.47 Å². The van der Waals surface area contributed by atoms with Crippen LogP contribution in [0.5, 0.6) is 11.5 Å². The van der Waals surface area contributed by atoms with E-state index >= 15 is 0 Å². The van der Waals surface area contributed by atoms with Crippen molar-refractivity contribution >= 4 is 35.0 Å². The van der Waals surface area contributed by atoms with Crippen LogP contribution in [0, 0.1) is 6.92 Å². The molecule has 0 fully saturated rings. The molecular weight excluding hydrogens is 412 g/mol. The van der Waals surface area contributed by atoms with Gasteiger partial charge in [0.05, 0.1) is 5.25 Å². The zero-order valence-corrected chi connectivity index (χ0v) is 18.0. The number of hydrogen-bond donors (Lipinski definition) is 2. The summed E-state index contributed by atoms with van der Waals surface area (Å²) in [7, 11) is 0.